The molecule has 0 aliphatic heterocycles. The van der Waals surface area contributed by atoms with Crippen LogP contribution in [-0.2, 0) is 21.0 Å². The lowest BCUT2D eigenvalue weighted by atomic mass is 9.85. The van der Waals surface area contributed by atoms with Gasteiger partial charge in [-0.15, -0.1) is 0 Å². The van der Waals surface area contributed by atoms with Crippen molar-refractivity contribution in [2.75, 3.05) is 13.1 Å². The summed E-state index contributed by atoms with van der Waals surface area (Å²) in [4.78, 5) is 0. The molecule has 0 saturated heterocycles. The van der Waals surface area contributed by atoms with Crippen LogP contribution < -0.4 is 9.44 Å². The normalized spacial score (nSPS) is 13.0. The highest BCUT2D eigenvalue weighted by atomic mass is 32.2. The number of nitrogens with one attached hydrogen (secondary N) is 2. The van der Waals surface area contributed by atoms with E-state index in [1.165, 1.54) is 0 Å². The summed E-state index contributed by atoms with van der Waals surface area (Å²) in [5.74, 6) is 0. The predicted molar refractivity (Wildman–Crippen MR) is 104 cm³/mol. The van der Waals surface area contributed by atoms with Crippen LogP contribution in [0.2, 0.25) is 0 Å². The first kappa shape index (κ1) is 19.6. The van der Waals surface area contributed by atoms with Crippen molar-refractivity contribution in [3.8, 4) is 0 Å². The molecule has 0 aliphatic carbocycles. The van der Waals surface area contributed by atoms with Gasteiger partial charge >= 0.3 is 0 Å². The summed E-state index contributed by atoms with van der Waals surface area (Å²) < 4.78 is 30.1. The molecule has 136 valence electrons. The lowest BCUT2D eigenvalue weighted by Crippen LogP contribution is -2.46. The fraction of sp³-hybridized carbons (Fsp3) is 0.400. The minimum atomic E-state index is -3.56. The van der Waals surface area contributed by atoms with Crippen molar-refractivity contribution >= 4 is 10.2 Å². The van der Waals surface area contributed by atoms with Crippen LogP contribution in [0.4, 0.5) is 0 Å². The molecule has 0 saturated carbocycles. The van der Waals surface area contributed by atoms with E-state index in [1.54, 1.807) is 0 Å². The van der Waals surface area contributed by atoms with Crippen LogP contribution in [0, 0.1) is 0 Å². The van der Waals surface area contributed by atoms with E-state index in [9.17, 15) is 8.42 Å². The third-order valence-electron chi connectivity index (χ3n) is 4.52. The van der Waals surface area contributed by atoms with E-state index in [0.29, 0.717) is 13.1 Å². The molecule has 0 spiro atoms. The molecule has 2 aromatic rings. The highest BCUT2D eigenvalue weighted by Crippen LogP contribution is 2.23. The third kappa shape index (κ3) is 5.66. The summed E-state index contributed by atoms with van der Waals surface area (Å²) in [6.45, 7) is 8.77. The molecule has 5 heteroatoms. The van der Waals surface area contributed by atoms with Crippen LogP contribution >= 0.6 is 0 Å². The van der Waals surface area contributed by atoms with Gasteiger partial charge in [-0.1, -0.05) is 88.4 Å². The quantitative estimate of drug-likeness (QED) is 0.758. The molecule has 2 rings (SSSR count). The van der Waals surface area contributed by atoms with E-state index in [-0.39, 0.29) is 10.8 Å². The molecule has 2 N–H and O–H groups in total. The second-order valence-electron chi connectivity index (χ2n) is 7.65. The number of benzene rings is 2. The highest BCUT2D eigenvalue weighted by Gasteiger charge is 2.26. The van der Waals surface area contributed by atoms with Gasteiger partial charge in [0, 0.05) is 23.9 Å². The van der Waals surface area contributed by atoms with Crippen molar-refractivity contribution in [3.05, 3.63) is 71.8 Å². The van der Waals surface area contributed by atoms with Crippen molar-refractivity contribution in [1.82, 2.24) is 9.44 Å². The van der Waals surface area contributed by atoms with Gasteiger partial charge < -0.3 is 0 Å². The Balaban J connectivity index is 1.96. The van der Waals surface area contributed by atoms with Gasteiger partial charge in [-0.25, -0.2) is 9.44 Å². The molecule has 0 aromatic heterocycles. The SMILES string of the molecule is CC(C)(CNS(=O)(=O)NCC(C)(C)c1ccccc1)c1ccccc1. The van der Waals surface area contributed by atoms with E-state index < -0.39 is 10.2 Å². The van der Waals surface area contributed by atoms with Gasteiger partial charge in [0.25, 0.3) is 10.2 Å². The average Bonchev–Trinajstić information content (AvgIpc) is 2.60. The Morgan fingerprint density at radius 2 is 1.00 bits per heavy atom. The Morgan fingerprint density at radius 3 is 1.32 bits per heavy atom. The highest BCUT2D eigenvalue weighted by molar-refractivity contribution is 7.87. The second-order valence-corrected chi connectivity index (χ2v) is 9.23. The first-order valence-corrected chi connectivity index (χ1v) is 9.96. The van der Waals surface area contributed by atoms with Crippen molar-refractivity contribution in [3.63, 3.8) is 0 Å². The minimum absolute atomic E-state index is 0.287. The van der Waals surface area contributed by atoms with Gasteiger partial charge in [-0.3, -0.25) is 0 Å². The molecule has 0 atom stereocenters. The Kier molecular flexibility index (Phi) is 6.03. The van der Waals surface area contributed by atoms with Crippen LogP contribution in [-0.4, -0.2) is 21.5 Å². The van der Waals surface area contributed by atoms with Crippen LogP contribution in [0.5, 0.6) is 0 Å². The van der Waals surface area contributed by atoms with Gasteiger partial charge in [0.1, 0.15) is 0 Å². The predicted octanol–water partition coefficient (Wildman–Crippen LogP) is 3.37. The van der Waals surface area contributed by atoms with Crippen LogP contribution in [0.3, 0.4) is 0 Å². The van der Waals surface area contributed by atoms with Crippen molar-refractivity contribution < 1.29 is 8.42 Å². The minimum Gasteiger partial charge on any atom is -0.201 e. The Morgan fingerprint density at radius 1 is 0.680 bits per heavy atom. The summed E-state index contributed by atoms with van der Waals surface area (Å²) in [5.41, 5.74) is 1.63. The summed E-state index contributed by atoms with van der Waals surface area (Å²) in [6.07, 6.45) is 0. The summed E-state index contributed by atoms with van der Waals surface area (Å²) in [7, 11) is -3.56. The number of hydrogen-bond donors (Lipinski definition) is 2. The summed E-state index contributed by atoms with van der Waals surface area (Å²) in [5, 5.41) is 0. The van der Waals surface area contributed by atoms with Crippen LogP contribution in [0.25, 0.3) is 0 Å². The van der Waals surface area contributed by atoms with Gasteiger partial charge in [-0.2, -0.15) is 8.42 Å². The average molecular weight is 361 g/mol. The van der Waals surface area contributed by atoms with Crippen LogP contribution in [0.1, 0.15) is 38.8 Å². The molecular formula is C20H28N2O2S. The van der Waals surface area contributed by atoms with Crippen LogP contribution in [0.15, 0.2) is 60.7 Å². The van der Waals surface area contributed by atoms with Crippen molar-refractivity contribution in [1.29, 1.82) is 0 Å². The van der Waals surface area contributed by atoms with Gasteiger partial charge in [0.15, 0.2) is 0 Å². The van der Waals surface area contributed by atoms with Gasteiger partial charge in [0.05, 0.1) is 0 Å². The Labute approximate surface area is 151 Å². The first-order valence-electron chi connectivity index (χ1n) is 8.48. The number of hydrogen-bond acceptors (Lipinski definition) is 2. The van der Waals surface area contributed by atoms with E-state index >= 15 is 0 Å². The Hall–Kier alpha value is -1.69. The fourth-order valence-corrected chi connectivity index (χ4v) is 3.79. The maximum atomic E-state index is 12.4. The smallest absolute Gasteiger partial charge is 0.201 e. The largest absolute Gasteiger partial charge is 0.276 e. The van der Waals surface area contributed by atoms with Crippen molar-refractivity contribution in [2.45, 2.75) is 38.5 Å². The first-order chi connectivity index (χ1) is 11.6. The molecule has 0 aliphatic rings. The standard InChI is InChI=1S/C20H28N2O2S/c1-19(2,17-11-7-5-8-12-17)15-21-25(23,24)22-16-20(3,4)18-13-9-6-10-14-18/h5-14,21-22H,15-16H2,1-4H3. The topological polar surface area (TPSA) is 58.2 Å². The third-order valence-corrected chi connectivity index (χ3v) is 5.57. The monoisotopic (exact) mass is 360 g/mol. The van der Waals surface area contributed by atoms with Crippen molar-refractivity contribution in [2.24, 2.45) is 0 Å². The van der Waals surface area contributed by atoms with E-state index in [4.69, 9.17) is 0 Å². The lowest BCUT2D eigenvalue weighted by molar-refractivity contribution is 0.477. The van der Waals surface area contributed by atoms with Gasteiger partial charge in [-0.05, 0) is 11.1 Å². The molecule has 0 unspecified atom stereocenters. The maximum absolute atomic E-state index is 12.4. The molecule has 0 radical (unpaired) electrons. The molecule has 0 heterocycles. The zero-order chi connectivity index (χ0) is 18.6. The molecule has 25 heavy (non-hydrogen) atoms. The van der Waals surface area contributed by atoms with E-state index in [1.807, 2.05) is 88.4 Å². The molecule has 4 nitrogen and oxygen atoms in total. The van der Waals surface area contributed by atoms with E-state index in [0.717, 1.165) is 11.1 Å². The van der Waals surface area contributed by atoms with E-state index in [2.05, 4.69) is 9.44 Å². The molecular weight excluding hydrogens is 332 g/mol. The fourth-order valence-electron chi connectivity index (χ4n) is 2.58. The maximum Gasteiger partial charge on any atom is 0.276 e. The zero-order valence-electron chi connectivity index (χ0n) is 15.4. The molecule has 2 aromatic carbocycles. The second kappa shape index (κ2) is 7.68. The summed E-state index contributed by atoms with van der Waals surface area (Å²) >= 11 is 0. The van der Waals surface area contributed by atoms with Gasteiger partial charge in [0.2, 0.25) is 0 Å². The number of rotatable bonds is 8. The Bertz CT molecular complexity index is 708. The molecule has 0 amide bonds. The summed E-state index contributed by atoms with van der Waals surface area (Å²) in [6, 6.07) is 19.8. The molecule has 0 fully saturated rings. The zero-order valence-corrected chi connectivity index (χ0v) is 16.2. The lowest BCUT2D eigenvalue weighted by Gasteiger charge is -2.28. The molecule has 0 bridgehead atoms.